The SMILES string of the molecule is Cc1nc(C(=O)N2CC(Cn3nc(-c4ccncc4)ccc3=O)C2)cs1. The van der Waals surface area contributed by atoms with Gasteiger partial charge in [-0.1, -0.05) is 0 Å². The maximum atomic E-state index is 12.3. The monoisotopic (exact) mass is 367 g/mol. The third kappa shape index (κ3) is 3.28. The lowest BCUT2D eigenvalue weighted by atomic mass is 10.00. The van der Waals surface area contributed by atoms with Gasteiger partial charge in [-0.05, 0) is 25.1 Å². The summed E-state index contributed by atoms with van der Waals surface area (Å²) in [6.07, 6.45) is 3.39. The van der Waals surface area contributed by atoms with Gasteiger partial charge in [0.2, 0.25) is 0 Å². The van der Waals surface area contributed by atoms with Gasteiger partial charge in [0.15, 0.2) is 0 Å². The van der Waals surface area contributed by atoms with E-state index in [0.717, 1.165) is 16.3 Å². The molecule has 1 amide bonds. The van der Waals surface area contributed by atoms with Crippen molar-refractivity contribution in [1.82, 2.24) is 24.6 Å². The zero-order valence-corrected chi connectivity index (χ0v) is 15.0. The van der Waals surface area contributed by atoms with Crippen molar-refractivity contribution in [1.29, 1.82) is 0 Å². The van der Waals surface area contributed by atoms with Crippen LogP contribution in [0.15, 0.2) is 46.8 Å². The average Bonchev–Trinajstić information content (AvgIpc) is 3.06. The minimum atomic E-state index is -0.136. The highest BCUT2D eigenvalue weighted by atomic mass is 32.1. The fourth-order valence-corrected chi connectivity index (χ4v) is 3.56. The molecule has 1 aliphatic rings. The highest BCUT2D eigenvalue weighted by Gasteiger charge is 2.32. The molecule has 0 saturated carbocycles. The Balaban J connectivity index is 1.43. The van der Waals surface area contributed by atoms with E-state index in [-0.39, 0.29) is 17.4 Å². The standard InChI is InChI=1S/C18H17N5O2S/c1-12-20-16(11-26-12)18(25)22-8-13(9-22)10-23-17(24)3-2-15(21-23)14-4-6-19-7-5-14/h2-7,11,13H,8-10H2,1H3. The second-order valence-electron chi connectivity index (χ2n) is 6.30. The molecular weight excluding hydrogens is 350 g/mol. The molecular formula is C18H17N5O2S. The van der Waals surface area contributed by atoms with Crippen molar-refractivity contribution >= 4 is 17.2 Å². The van der Waals surface area contributed by atoms with Crippen LogP contribution in [0.5, 0.6) is 0 Å². The van der Waals surface area contributed by atoms with Crippen LogP contribution in [0.1, 0.15) is 15.5 Å². The number of amides is 1. The van der Waals surface area contributed by atoms with Gasteiger partial charge in [-0.2, -0.15) is 5.10 Å². The van der Waals surface area contributed by atoms with Crippen LogP contribution in [0.4, 0.5) is 0 Å². The first-order chi connectivity index (χ1) is 12.6. The van der Waals surface area contributed by atoms with Crippen LogP contribution >= 0.6 is 11.3 Å². The van der Waals surface area contributed by atoms with Crippen molar-refractivity contribution in [3.63, 3.8) is 0 Å². The van der Waals surface area contributed by atoms with Crippen LogP contribution in [0.3, 0.4) is 0 Å². The summed E-state index contributed by atoms with van der Waals surface area (Å²) in [5.41, 5.74) is 2.01. The van der Waals surface area contributed by atoms with Crippen molar-refractivity contribution < 1.29 is 4.79 Å². The molecule has 0 aliphatic carbocycles. The zero-order chi connectivity index (χ0) is 18.1. The van der Waals surface area contributed by atoms with Crippen molar-refractivity contribution in [3.8, 4) is 11.3 Å². The van der Waals surface area contributed by atoms with Crippen LogP contribution in [-0.4, -0.2) is 43.6 Å². The van der Waals surface area contributed by atoms with Crippen LogP contribution in [0.2, 0.25) is 0 Å². The van der Waals surface area contributed by atoms with Crippen molar-refractivity contribution in [2.24, 2.45) is 5.92 Å². The molecule has 0 spiro atoms. The number of hydrogen-bond acceptors (Lipinski definition) is 6. The molecule has 26 heavy (non-hydrogen) atoms. The molecule has 132 valence electrons. The Morgan fingerprint density at radius 3 is 2.69 bits per heavy atom. The summed E-state index contributed by atoms with van der Waals surface area (Å²) >= 11 is 1.47. The Labute approximate surface area is 154 Å². The number of pyridine rings is 1. The van der Waals surface area contributed by atoms with Crippen LogP contribution in [0, 0.1) is 12.8 Å². The highest BCUT2D eigenvalue weighted by Crippen LogP contribution is 2.21. The molecule has 7 nitrogen and oxygen atoms in total. The number of aromatic nitrogens is 4. The first-order valence-corrected chi connectivity index (χ1v) is 9.18. The number of thiazole rings is 1. The van der Waals surface area contributed by atoms with Gasteiger partial charge in [-0.25, -0.2) is 9.67 Å². The molecule has 1 aliphatic heterocycles. The average molecular weight is 367 g/mol. The van der Waals surface area contributed by atoms with Gasteiger partial charge in [0, 0.05) is 48.4 Å². The summed E-state index contributed by atoms with van der Waals surface area (Å²) < 4.78 is 1.48. The highest BCUT2D eigenvalue weighted by molar-refractivity contribution is 7.09. The van der Waals surface area contributed by atoms with E-state index in [1.165, 1.54) is 22.1 Å². The van der Waals surface area contributed by atoms with E-state index >= 15 is 0 Å². The summed E-state index contributed by atoms with van der Waals surface area (Å²) in [6.45, 7) is 3.61. The first kappa shape index (κ1) is 16.6. The van der Waals surface area contributed by atoms with Gasteiger partial charge >= 0.3 is 0 Å². The minimum absolute atomic E-state index is 0.0450. The summed E-state index contributed by atoms with van der Waals surface area (Å²) in [4.78, 5) is 34.4. The maximum Gasteiger partial charge on any atom is 0.273 e. The molecule has 4 rings (SSSR count). The van der Waals surface area contributed by atoms with Gasteiger partial charge < -0.3 is 4.90 Å². The molecule has 8 heteroatoms. The largest absolute Gasteiger partial charge is 0.336 e. The van der Waals surface area contributed by atoms with Gasteiger partial charge in [0.05, 0.1) is 17.2 Å². The molecule has 4 heterocycles. The second kappa shape index (κ2) is 6.80. The molecule has 0 unspecified atom stereocenters. The fourth-order valence-electron chi connectivity index (χ4n) is 2.98. The van der Waals surface area contributed by atoms with Crippen LogP contribution in [0.25, 0.3) is 11.3 Å². The van der Waals surface area contributed by atoms with E-state index in [9.17, 15) is 9.59 Å². The van der Waals surface area contributed by atoms with E-state index in [2.05, 4.69) is 15.1 Å². The predicted octanol–water partition coefficient (Wildman–Crippen LogP) is 1.84. The van der Waals surface area contributed by atoms with Gasteiger partial charge in [-0.15, -0.1) is 11.3 Å². The number of hydrogen-bond donors (Lipinski definition) is 0. The lowest BCUT2D eigenvalue weighted by Gasteiger charge is -2.38. The summed E-state index contributed by atoms with van der Waals surface area (Å²) in [5, 5.41) is 7.13. The Morgan fingerprint density at radius 1 is 1.23 bits per heavy atom. The number of rotatable bonds is 4. The smallest absolute Gasteiger partial charge is 0.273 e. The second-order valence-corrected chi connectivity index (χ2v) is 7.36. The summed E-state index contributed by atoms with van der Waals surface area (Å²) in [6, 6.07) is 6.96. The van der Waals surface area contributed by atoms with Gasteiger partial charge in [-0.3, -0.25) is 14.6 Å². The van der Waals surface area contributed by atoms with Gasteiger partial charge in [0.25, 0.3) is 11.5 Å². The lowest BCUT2D eigenvalue weighted by molar-refractivity contribution is 0.0453. The van der Waals surface area contributed by atoms with E-state index < -0.39 is 0 Å². The first-order valence-electron chi connectivity index (χ1n) is 8.30. The summed E-state index contributed by atoms with van der Waals surface area (Å²) in [7, 11) is 0. The Kier molecular flexibility index (Phi) is 4.34. The molecule has 0 bridgehead atoms. The summed E-state index contributed by atoms with van der Waals surface area (Å²) in [5.74, 6) is 0.174. The Morgan fingerprint density at radius 2 is 2.00 bits per heavy atom. The van der Waals surface area contributed by atoms with Crippen LogP contribution in [-0.2, 0) is 6.54 Å². The van der Waals surface area contributed by atoms with Gasteiger partial charge in [0.1, 0.15) is 5.69 Å². The molecule has 3 aromatic rings. The molecule has 0 N–H and O–H groups in total. The van der Waals surface area contributed by atoms with Crippen molar-refractivity contribution in [2.75, 3.05) is 13.1 Å². The van der Waals surface area contributed by atoms with E-state index in [4.69, 9.17) is 0 Å². The number of aryl methyl sites for hydroxylation is 1. The molecule has 3 aromatic heterocycles. The van der Waals surface area contributed by atoms with E-state index in [1.54, 1.807) is 28.7 Å². The van der Waals surface area contributed by atoms with Crippen molar-refractivity contribution in [3.05, 3.63) is 63.1 Å². The molecule has 0 atom stereocenters. The van der Waals surface area contributed by atoms with E-state index in [0.29, 0.717) is 25.3 Å². The maximum absolute atomic E-state index is 12.3. The third-order valence-electron chi connectivity index (χ3n) is 4.36. The number of carbonyl (C=O) groups is 1. The molecule has 0 radical (unpaired) electrons. The quantitative estimate of drug-likeness (QED) is 0.703. The third-order valence-corrected chi connectivity index (χ3v) is 5.13. The number of carbonyl (C=O) groups excluding carboxylic acids is 1. The minimum Gasteiger partial charge on any atom is -0.336 e. The fraction of sp³-hybridized carbons (Fsp3) is 0.278. The predicted molar refractivity (Wildman–Crippen MR) is 98.0 cm³/mol. The Bertz CT molecular complexity index is 992. The van der Waals surface area contributed by atoms with Crippen LogP contribution < -0.4 is 5.56 Å². The topological polar surface area (TPSA) is 81.0 Å². The number of nitrogens with zero attached hydrogens (tertiary/aromatic N) is 5. The number of likely N-dealkylation sites (tertiary alicyclic amines) is 1. The van der Waals surface area contributed by atoms with E-state index in [1.807, 2.05) is 19.1 Å². The molecule has 0 aromatic carbocycles. The lowest BCUT2D eigenvalue weighted by Crippen LogP contribution is -2.52. The molecule has 1 saturated heterocycles. The van der Waals surface area contributed by atoms with Crippen molar-refractivity contribution in [2.45, 2.75) is 13.5 Å². The normalized spacial score (nSPS) is 14.3. The molecule has 1 fully saturated rings. The Hall–Kier alpha value is -2.87. The zero-order valence-electron chi connectivity index (χ0n) is 14.2.